The van der Waals surface area contributed by atoms with E-state index in [0.717, 1.165) is 22.3 Å². The average molecular weight is 485 g/mol. The van der Waals surface area contributed by atoms with Crippen LogP contribution in [0.2, 0.25) is 0 Å². The van der Waals surface area contributed by atoms with Gasteiger partial charge in [-0.15, -0.1) is 0 Å². The van der Waals surface area contributed by atoms with Gasteiger partial charge in [-0.25, -0.2) is 8.78 Å². The fourth-order valence-electron chi connectivity index (χ4n) is 4.34. The van der Waals surface area contributed by atoms with E-state index in [1.807, 2.05) is 24.3 Å². The number of benzene rings is 2. The molecule has 0 spiro atoms. The Labute approximate surface area is 213 Å². The van der Waals surface area contributed by atoms with Gasteiger partial charge in [0.05, 0.1) is 0 Å². The van der Waals surface area contributed by atoms with Gasteiger partial charge in [-0.3, -0.25) is 9.97 Å². The highest BCUT2D eigenvalue weighted by Crippen LogP contribution is 2.42. The zero-order chi connectivity index (χ0) is 26.4. The van der Waals surface area contributed by atoms with Crippen LogP contribution < -0.4 is 0 Å². The Kier molecular flexibility index (Phi) is 6.59. The topological polar surface area (TPSA) is 25.8 Å². The van der Waals surface area contributed by atoms with Crippen LogP contribution in [0.4, 0.5) is 8.78 Å². The Bertz CT molecular complexity index is 1330. The molecule has 0 aliphatic rings. The van der Waals surface area contributed by atoms with Gasteiger partial charge in [0.2, 0.25) is 0 Å². The summed E-state index contributed by atoms with van der Waals surface area (Å²) in [6.07, 6.45) is 3.26. The van der Waals surface area contributed by atoms with Gasteiger partial charge >= 0.3 is 0 Å². The van der Waals surface area contributed by atoms with Crippen molar-refractivity contribution in [1.29, 1.82) is 0 Å². The second-order valence-electron chi connectivity index (χ2n) is 11.6. The molecule has 0 radical (unpaired) electrons. The smallest absolute Gasteiger partial charge is 0.152 e. The van der Waals surface area contributed by atoms with Crippen molar-refractivity contribution in [1.82, 2.24) is 9.97 Å². The van der Waals surface area contributed by atoms with E-state index in [9.17, 15) is 0 Å². The highest BCUT2D eigenvalue weighted by atomic mass is 19.1. The fraction of sp³-hybridized carbons (Fsp3) is 0.312. The van der Waals surface area contributed by atoms with Gasteiger partial charge in [-0.05, 0) is 82.3 Å². The van der Waals surface area contributed by atoms with Crippen molar-refractivity contribution in [2.45, 2.75) is 66.2 Å². The van der Waals surface area contributed by atoms with Crippen LogP contribution in [0.5, 0.6) is 0 Å². The maximum atomic E-state index is 15.4. The number of nitrogens with zero attached hydrogens (tertiary/aromatic N) is 2. The molecule has 36 heavy (non-hydrogen) atoms. The minimum atomic E-state index is -0.350. The molecule has 2 nitrogen and oxygen atoms in total. The molecule has 0 aliphatic carbocycles. The largest absolute Gasteiger partial charge is 0.253 e. The molecule has 2 aromatic heterocycles. The minimum absolute atomic E-state index is 0.142. The van der Waals surface area contributed by atoms with Crippen LogP contribution in [-0.4, -0.2) is 9.97 Å². The van der Waals surface area contributed by atoms with Crippen LogP contribution in [0.25, 0.3) is 33.6 Å². The van der Waals surface area contributed by atoms with Crippen molar-refractivity contribution in [2.75, 3.05) is 0 Å². The molecule has 0 aliphatic heterocycles. The van der Waals surface area contributed by atoms with Crippen LogP contribution in [0.3, 0.4) is 0 Å². The highest BCUT2D eigenvalue weighted by molar-refractivity contribution is 5.91. The maximum Gasteiger partial charge on any atom is 0.152 e. The van der Waals surface area contributed by atoms with Gasteiger partial charge in [0.15, 0.2) is 11.6 Å². The molecule has 0 amide bonds. The van der Waals surface area contributed by atoms with Gasteiger partial charge in [0.1, 0.15) is 11.4 Å². The third-order valence-electron chi connectivity index (χ3n) is 6.74. The zero-order valence-electron chi connectivity index (χ0n) is 22.4. The Morgan fingerprint density at radius 1 is 0.528 bits per heavy atom. The van der Waals surface area contributed by atoms with Crippen molar-refractivity contribution < 1.29 is 8.78 Å². The first-order valence-corrected chi connectivity index (χ1v) is 12.3. The lowest BCUT2D eigenvalue weighted by Crippen LogP contribution is -2.12. The van der Waals surface area contributed by atoms with E-state index in [4.69, 9.17) is 0 Å². The van der Waals surface area contributed by atoms with Crippen molar-refractivity contribution in [3.63, 3.8) is 0 Å². The van der Waals surface area contributed by atoms with Gasteiger partial charge in [-0.2, -0.15) is 0 Å². The normalized spacial score (nSPS) is 12.2. The monoisotopic (exact) mass is 484 g/mol. The summed E-state index contributed by atoms with van der Waals surface area (Å²) in [6.45, 7) is 16.2. The lowest BCUT2D eigenvalue weighted by atomic mass is 9.80. The van der Waals surface area contributed by atoms with E-state index < -0.39 is 0 Å². The van der Waals surface area contributed by atoms with E-state index in [1.54, 1.807) is 38.4 Å². The van der Waals surface area contributed by atoms with Crippen LogP contribution in [0.15, 0.2) is 60.9 Å². The molecule has 4 rings (SSSR count). The highest BCUT2D eigenvalue weighted by Gasteiger charge is 2.24. The van der Waals surface area contributed by atoms with Crippen molar-refractivity contribution in [3.05, 3.63) is 94.8 Å². The molecular weight excluding hydrogens is 450 g/mol. The number of aryl methyl sites for hydroxylation is 2. The molecule has 2 aromatic carbocycles. The number of hydrogen-bond donors (Lipinski definition) is 0. The average Bonchev–Trinajstić information content (AvgIpc) is 2.81. The van der Waals surface area contributed by atoms with Gasteiger partial charge in [0, 0.05) is 23.5 Å². The summed E-state index contributed by atoms with van der Waals surface area (Å²) in [6, 6.07) is 15.5. The molecule has 0 fully saturated rings. The number of rotatable bonds is 3. The number of hydrogen-bond acceptors (Lipinski definition) is 2. The first kappa shape index (κ1) is 25.7. The van der Waals surface area contributed by atoms with Crippen LogP contribution >= 0.6 is 0 Å². The SMILES string of the molecule is Cc1ccnc(-c2cc(C(C)(C)C)ccc2-c2ccc(C(C)(C)C)cc2-c2nccc(C)c2F)c1F. The summed E-state index contributed by atoms with van der Waals surface area (Å²) in [5.41, 5.74) is 6.43. The molecule has 2 heterocycles. The van der Waals surface area contributed by atoms with Crippen LogP contribution in [0.1, 0.15) is 63.8 Å². The summed E-state index contributed by atoms with van der Waals surface area (Å²) in [5, 5.41) is 0. The lowest BCUT2D eigenvalue weighted by molar-refractivity contribution is 0.589. The molecular formula is C32H34F2N2. The summed E-state index contributed by atoms with van der Waals surface area (Å²) < 4.78 is 30.9. The molecule has 0 atom stereocenters. The molecule has 0 saturated carbocycles. The predicted octanol–water partition coefficient (Wildman–Crippen LogP) is 8.97. The van der Waals surface area contributed by atoms with E-state index in [2.05, 4.69) is 63.6 Å². The van der Waals surface area contributed by atoms with E-state index >= 15 is 8.78 Å². The van der Waals surface area contributed by atoms with Gasteiger partial charge in [0.25, 0.3) is 0 Å². The number of halogens is 2. The van der Waals surface area contributed by atoms with Gasteiger partial charge < -0.3 is 0 Å². The molecule has 0 unspecified atom stereocenters. The predicted molar refractivity (Wildman–Crippen MR) is 145 cm³/mol. The summed E-state index contributed by atoms with van der Waals surface area (Å²) in [5.74, 6) is -0.699. The van der Waals surface area contributed by atoms with Gasteiger partial charge in [-0.1, -0.05) is 65.8 Å². The van der Waals surface area contributed by atoms with Crippen molar-refractivity contribution >= 4 is 0 Å². The van der Waals surface area contributed by atoms with E-state index in [1.165, 1.54) is 0 Å². The van der Waals surface area contributed by atoms with Crippen LogP contribution in [-0.2, 0) is 10.8 Å². The first-order valence-electron chi connectivity index (χ1n) is 12.3. The van der Waals surface area contributed by atoms with E-state index in [0.29, 0.717) is 33.6 Å². The number of pyridine rings is 2. The maximum absolute atomic E-state index is 15.4. The zero-order valence-corrected chi connectivity index (χ0v) is 22.4. The van der Waals surface area contributed by atoms with E-state index in [-0.39, 0.29) is 22.5 Å². The molecule has 0 N–H and O–H groups in total. The quantitative estimate of drug-likeness (QED) is 0.290. The van der Waals surface area contributed by atoms with Crippen molar-refractivity contribution in [3.8, 4) is 33.6 Å². The Morgan fingerprint density at radius 3 is 1.22 bits per heavy atom. The Morgan fingerprint density at radius 2 is 0.889 bits per heavy atom. The Balaban J connectivity index is 2.10. The standard InChI is InChI=1S/C32H34F2N2/c1-19-13-15-35-29(27(19)33)25-17-21(31(3,4)5)9-11-23(25)24-12-10-22(32(6,7)8)18-26(24)30-28(34)20(2)14-16-36-30/h9-18H,1-8H3. The molecule has 4 aromatic rings. The third kappa shape index (κ3) is 4.82. The summed E-state index contributed by atoms with van der Waals surface area (Å²) in [7, 11) is 0. The molecule has 186 valence electrons. The fourth-order valence-corrected chi connectivity index (χ4v) is 4.34. The first-order chi connectivity index (χ1) is 16.8. The summed E-state index contributed by atoms with van der Waals surface area (Å²) in [4.78, 5) is 8.89. The molecule has 0 bridgehead atoms. The second-order valence-corrected chi connectivity index (χ2v) is 11.6. The molecule has 0 saturated heterocycles. The second kappa shape index (κ2) is 9.24. The molecule has 4 heteroatoms. The van der Waals surface area contributed by atoms with Crippen LogP contribution in [0, 0.1) is 25.5 Å². The lowest BCUT2D eigenvalue weighted by Gasteiger charge is -2.24. The number of aromatic nitrogens is 2. The minimum Gasteiger partial charge on any atom is -0.253 e. The third-order valence-corrected chi connectivity index (χ3v) is 6.74. The van der Waals surface area contributed by atoms with Crippen molar-refractivity contribution in [2.24, 2.45) is 0 Å². The Hall–Kier alpha value is -3.40. The summed E-state index contributed by atoms with van der Waals surface area (Å²) >= 11 is 0.